The Hall–Kier alpha value is -2.74. The molecule has 0 unspecified atom stereocenters. The van der Waals surface area contributed by atoms with Gasteiger partial charge in [-0.2, -0.15) is 8.78 Å². The van der Waals surface area contributed by atoms with Crippen molar-refractivity contribution in [2.45, 2.75) is 26.9 Å². The second-order valence-electron chi connectivity index (χ2n) is 7.06. The number of rotatable bonds is 4. The molecular weight excluding hydrogens is 366 g/mol. The molecule has 1 amide bonds. The molecule has 0 saturated carbocycles. The summed E-state index contributed by atoms with van der Waals surface area (Å²) in [7, 11) is 0. The maximum atomic E-state index is 13.6. The van der Waals surface area contributed by atoms with E-state index in [4.69, 9.17) is 4.42 Å². The molecule has 0 atom stereocenters. The third-order valence-corrected chi connectivity index (χ3v) is 5.16. The Morgan fingerprint density at radius 1 is 1.18 bits per heavy atom. The monoisotopic (exact) mass is 388 g/mol. The molecule has 4 rings (SSSR count). The van der Waals surface area contributed by atoms with Crippen LogP contribution in [0.25, 0.3) is 11.0 Å². The van der Waals surface area contributed by atoms with Crippen molar-refractivity contribution in [1.82, 2.24) is 19.4 Å². The first-order valence-electron chi connectivity index (χ1n) is 9.26. The molecule has 1 saturated heterocycles. The van der Waals surface area contributed by atoms with Gasteiger partial charge in [0, 0.05) is 26.2 Å². The van der Waals surface area contributed by atoms with Gasteiger partial charge in [-0.05, 0) is 32.0 Å². The van der Waals surface area contributed by atoms with E-state index in [1.807, 2.05) is 6.92 Å². The Bertz CT molecular complexity index is 1000. The van der Waals surface area contributed by atoms with Gasteiger partial charge in [0.2, 0.25) is 0 Å². The first-order chi connectivity index (χ1) is 13.4. The van der Waals surface area contributed by atoms with Gasteiger partial charge >= 0.3 is 6.55 Å². The molecule has 0 aliphatic carbocycles. The van der Waals surface area contributed by atoms with Gasteiger partial charge in [0.25, 0.3) is 5.91 Å². The molecule has 0 radical (unpaired) electrons. The van der Waals surface area contributed by atoms with Crippen LogP contribution in [0.5, 0.6) is 0 Å². The average Bonchev–Trinajstić information content (AvgIpc) is 3.20. The Labute approximate surface area is 161 Å². The van der Waals surface area contributed by atoms with E-state index in [0.717, 1.165) is 4.57 Å². The number of hydrogen-bond donors (Lipinski definition) is 0. The zero-order chi connectivity index (χ0) is 19.8. The molecule has 6 nitrogen and oxygen atoms in total. The quantitative estimate of drug-likeness (QED) is 0.685. The molecule has 1 aliphatic heterocycles. The maximum absolute atomic E-state index is 13.6. The van der Waals surface area contributed by atoms with Crippen LogP contribution in [-0.4, -0.2) is 51.4 Å². The van der Waals surface area contributed by atoms with Crippen LogP contribution in [0.4, 0.5) is 8.78 Å². The summed E-state index contributed by atoms with van der Waals surface area (Å²) in [6.07, 6.45) is 0. The number of hydrogen-bond acceptors (Lipinski definition) is 4. The van der Waals surface area contributed by atoms with Crippen molar-refractivity contribution in [2.75, 3.05) is 26.2 Å². The molecule has 3 heterocycles. The first kappa shape index (κ1) is 18.6. The van der Waals surface area contributed by atoms with E-state index in [2.05, 4.69) is 9.88 Å². The zero-order valence-corrected chi connectivity index (χ0v) is 15.9. The van der Waals surface area contributed by atoms with Crippen LogP contribution < -0.4 is 0 Å². The fourth-order valence-corrected chi connectivity index (χ4v) is 3.75. The summed E-state index contributed by atoms with van der Waals surface area (Å²) in [6, 6.07) is 8.68. The fraction of sp³-hybridized carbons (Fsp3) is 0.400. The van der Waals surface area contributed by atoms with Gasteiger partial charge < -0.3 is 9.32 Å². The number of para-hydroxylation sites is 2. The Morgan fingerprint density at radius 2 is 1.89 bits per heavy atom. The average molecular weight is 388 g/mol. The van der Waals surface area contributed by atoms with E-state index in [1.54, 1.807) is 42.2 Å². The van der Waals surface area contributed by atoms with Crippen molar-refractivity contribution >= 4 is 16.9 Å². The Kier molecular flexibility index (Phi) is 4.89. The van der Waals surface area contributed by atoms with Crippen molar-refractivity contribution in [3.05, 3.63) is 53.2 Å². The highest BCUT2D eigenvalue weighted by atomic mass is 19.3. The third-order valence-electron chi connectivity index (χ3n) is 5.16. The number of halogens is 2. The number of benzene rings is 1. The summed E-state index contributed by atoms with van der Waals surface area (Å²) >= 11 is 0. The third kappa shape index (κ3) is 3.40. The lowest BCUT2D eigenvalue weighted by atomic mass is 10.2. The van der Waals surface area contributed by atoms with E-state index in [-0.39, 0.29) is 5.91 Å². The number of carbonyl (C=O) groups is 1. The predicted molar refractivity (Wildman–Crippen MR) is 100 cm³/mol. The molecule has 3 aromatic rings. The van der Waals surface area contributed by atoms with Crippen LogP contribution >= 0.6 is 0 Å². The van der Waals surface area contributed by atoms with E-state index in [0.29, 0.717) is 66.7 Å². The molecule has 1 aliphatic rings. The van der Waals surface area contributed by atoms with Gasteiger partial charge in [-0.1, -0.05) is 12.1 Å². The molecule has 148 valence electrons. The molecule has 0 spiro atoms. The summed E-state index contributed by atoms with van der Waals surface area (Å²) in [4.78, 5) is 20.9. The van der Waals surface area contributed by atoms with Gasteiger partial charge in [0.1, 0.15) is 17.3 Å². The number of aromatic nitrogens is 2. The van der Waals surface area contributed by atoms with Crippen molar-refractivity contribution in [1.29, 1.82) is 0 Å². The molecular formula is C20H22F2N4O2. The number of amides is 1. The molecule has 1 aromatic carbocycles. The van der Waals surface area contributed by atoms with Crippen molar-refractivity contribution in [3.63, 3.8) is 0 Å². The lowest BCUT2D eigenvalue weighted by molar-refractivity contribution is 0.0573. The van der Waals surface area contributed by atoms with Crippen LogP contribution in [0.15, 0.2) is 34.7 Å². The number of furan rings is 1. The minimum atomic E-state index is -2.64. The lowest BCUT2D eigenvalue weighted by Crippen LogP contribution is -2.48. The lowest BCUT2D eigenvalue weighted by Gasteiger charge is -2.34. The minimum absolute atomic E-state index is 0.0474. The molecule has 28 heavy (non-hydrogen) atoms. The molecule has 0 bridgehead atoms. The van der Waals surface area contributed by atoms with Crippen LogP contribution in [0.2, 0.25) is 0 Å². The topological polar surface area (TPSA) is 54.5 Å². The largest absolute Gasteiger partial charge is 0.466 e. The van der Waals surface area contributed by atoms with Crippen molar-refractivity contribution in [3.8, 4) is 0 Å². The second-order valence-corrected chi connectivity index (χ2v) is 7.06. The number of nitrogens with zero attached hydrogens (tertiary/aromatic N) is 4. The number of imidazole rings is 1. The second kappa shape index (κ2) is 7.35. The highest BCUT2D eigenvalue weighted by Crippen LogP contribution is 2.24. The Balaban J connectivity index is 1.45. The van der Waals surface area contributed by atoms with Crippen LogP contribution in [0.1, 0.15) is 34.3 Å². The highest BCUT2D eigenvalue weighted by Gasteiger charge is 2.26. The number of alkyl halides is 2. The van der Waals surface area contributed by atoms with Crippen LogP contribution in [0, 0.1) is 13.8 Å². The minimum Gasteiger partial charge on any atom is -0.466 e. The molecule has 2 aromatic heterocycles. The SMILES string of the molecule is Cc1cc(C(=O)N2CCN(Cc3nc4ccccc4n3C(F)F)CC2)c(C)o1. The predicted octanol–water partition coefficient (Wildman–Crippen LogP) is 3.60. The number of piperazine rings is 1. The van der Waals surface area contributed by atoms with E-state index < -0.39 is 6.55 Å². The molecule has 0 N–H and O–H groups in total. The van der Waals surface area contributed by atoms with Crippen molar-refractivity contribution < 1.29 is 18.0 Å². The maximum Gasteiger partial charge on any atom is 0.320 e. The van der Waals surface area contributed by atoms with Gasteiger partial charge in [0.15, 0.2) is 0 Å². The first-order valence-corrected chi connectivity index (χ1v) is 9.26. The number of carbonyl (C=O) groups excluding carboxylic acids is 1. The normalized spacial score (nSPS) is 15.7. The van der Waals surface area contributed by atoms with Gasteiger partial charge in [0.05, 0.1) is 23.1 Å². The standard InChI is InChI=1S/C20H22F2N4O2/c1-13-11-15(14(2)28-13)19(27)25-9-7-24(8-10-25)12-18-23-16-5-3-4-6-17(16)26(18)20(21)22/h3-6,11,20H,7-10,12H2,1-2H3. The highest BCUT2D eigenvalue weighted by molar-refractivity contribution is 5.95. The summed E-state index contributed by atoms with van der Waals surface area (Å²) in [5, 5.41) is 0. The van der Waals surface area contributed by atoms with Crippen LogP contribution in [0.3, 0.4) is 0 Å². The number of aryl methyl sites for hydroxylation is 2. The summed E-state index contributed by atoms with van der Waals surface area (Å²) < 4.78 is 33.6. The van der Waals surface area contributed by atoms with E-state index >= 15 is 0 Å². The molecule has 8 heteroatoms. The van der Waals surface area contributed by atoms with Gasteiger partial charge in [-0.3, -0.25) is 14.3 Å². The van der Waals surface area contributed by atoms with E-state index in [1.165, 1.54) is 0 Å². The van der Waals surface area contributed by atoms with Gasteiger partial charge in [-0.25, -0.2) is 4.98 Å². The number of fused-ring (bicyclic) bond motifs is 1. The molecule has 1 fully saturated rings. The summed E-state index contributed by atoms with van der Waals surface area (Å²) in [6.45, 7) is 3.57. The fourth-order valence-electron chi connectivity index (χ4n) is 3.75. The van der Waals surface area contributed by atoms with Crippen LogP contribution in [-0.2, 0) is 6.54 Å². The van der Waals surface area contributed by atoms with Crippen molar-refractivity contribution in [2.24, 2.45) is 0 Å². The smallest absolute Gasteiger partial charge is 0.320 e. The summed E-state index contributed by atoms with van der Waals surface area (Å²) in [5.74, 6) is 1.63. The summed E-state index contributed by atoms with van der Waals surface area (Å²) in [5.41, 5.74) is 1.59. The zero-order valence-electron chi connectivity index (χ0n) is 15.9. The van der Waals surface area contributed by atoms with E-state index in [9.17, 15) is 13.6 Å². The Morgan fingerprint density at radius 3 is 2.54 bits per heavy atom. The van der Waals surface area contributed by atoms with Gasteiger partial charge in [-0.15, -0.1) is 0 Å².